The zero-order valence-corrected chi connectivity index (χ0v) is 12.9. The average Bonchev–Trinajstić information content (AvgIpc) is 2.54. The molecule has 1 heterocycles. The van der Waals surface area contributed by atoms with Gasteiger partial charge in [0.1, 0.15) is 13.2 Å². The zero-order valence-electron chi connectivity index (χ0n) is 12.9. The quantitative estimate of drug-likeness (QED) is 0.725. The van der Waals surface area contributed by atoms with E-state index < -0.39 is 31.5 Å². The third-order valence-corrected chi connectivity index (χ3v) is 3.32. The number of likely N-dealkylation sites (N-methyl/N-ethyl adjacent to an activating group) is 1. The molecule has 0 aliphatic carbocycles. The molecule has 8 heteroatoms. The van der Waals surface area contributed by atoms with Crippen LogP contribution in [0.1, 0.15) is 5.69 Å². The Morgan fingerprint density at radius 3 is 2.67 bits per heavy atom. The van der Waals surface area contributed by atoms with Gasteiger partial charge in [0.25, 0.3) is 0 Å². The summed E-state index contributed by atoms with van der Waals surface area (Å²) < 4.78 is 53.7. The summed E-state index contributed by atoms with van der Waals surface area (Å²) in [6.07, 6.45) is -3.83. The van der Waals surface area contributed by atoms with Crippen molar-refractivity contribution in [2.45, 2.75) is 18.9 Å². The van der Waals surface area contributed by atoms with Gasteiger partial charge in [0.15, 0.2) is 0 Å². The Morgan fingerprint density at radius 2 is 1.96 bits per heavy atom. The third-order valence-electron chi connectivity index (χ3n) is 3.32. The number of halogens is 4. The fourth-order valence-electron chi connectivity index (χ4n) is 1.98. The van der Waals surface area contributed by atoms with Gasteiger partial charge in [-0.05, 0) is 12.1 Å². The van der Waals surface area contributed by atoms with Crippen molar-refractivity contribution in [1.29, 1.82) is 0 Å². The van der Waals surface area contributed by atoms with Gasteiger partial charge in [0.2, 0.25) is 5.91 Å². The number of carbonyl (C=O) groups excluding carboxylic acids is 1. The first-order valence-corrected chi connectivity index (χ1v) is 7.12. The maximum Gasteiger partial charge on any atom is 0.330 e. The van der Waals surface area contributed by atoms with Gasteiger partial charge in [-0.3, -0.25) is 9.78 Å². The lowest BCUT2D eigenvalue weighted by molar-refractivity contribution is -0.170. The van der Waals surface area contributed by atoms with Crippen LogP contribution in [0.2, 0.25) is 0 Å². The van der Waals surface area contributed by atoms with E-state index in [9.17, 15) is 22.4 Å². The number of benzene rings is 1. The summed E-state index contributed by atoms with van der Waals surface area (Å²) in [5, 5.41) is 0.952. The molecular formula is C16H16F4N2O2. The largest absolute Gasteiger partial charge is 0.365 e. The Kier molecular flexibility index (Phi) is 5.71. The van der Waals surface area contributed by atoms with Crippen molar-refractivity contribution in [2.24, 2.45) is 0 Å². The third kappa shape index (κ3) is 4.64. The smallest absolute Gasteiger partial charge is 0.330 e. The van der Waals surface area contributed by atoms with E-state index in [0.717, 1.165) is 10.9 Å². The molecule has 0 aliphatic heterocycles. The molecule has 0 fully saturated rings. The lowest BCUT2D eigenvalue weighted by Gasteiger charge is -2.19. The molecule has 0 radical (unpaired) electrons. The first-order valence-electron chi connectivity index (χ1n) is 7.12. The molecule has 1 amide bonds. The number of ether oxygens (including phenoxy) is 1. The number of amides is 1. The van der Waals surface area contributed by atoms with Gasteiger partial charge < -0.3 is 9.64 Å². The summed E-state index contributed by atoms with van der Waals surface area (Å²) in [5.41, 5.74) is 1.38. The van der Waals surface area contributed by atoms with E-state index in [2.05, 4.69) is 9.72 Å². The first kappa shape index (κ1) is 18.1. The summed E-state index contributed by atoms with van der Waals surface area (Å²) in [5.74, 6) is -4.87. The van der Waals surface area contributed by atoms with Crippen molar-refractivity contribution >= 4 is 16.8 Å². The van der Waals surface area contributed by atoms with Crippen LogP contribution in [-0.4, -0.2) is 48.4 Å². The van der Waals surface area contributed by atoms with E-state index in [1.165, 1.54) is 11.9 Å². The highest BCUT2D eigenvalue weighted by molar-refractivity contribution is 5.79. The Labute approximate surface area is 136 Å². The van der Waals surface area contributed by atoms with Gasteiger partial charge in [-0.15, -0.1) is 0 Å². The number of fused-ring (bicyclic) bond motifs is 1. The van der Waals surface area contributed by atoms with Crippen LogP contribution in [0, 0.1) is 0 Å². The first-order chi connectivity index (χ1) is 11.3. The molecule has 4 nitrogen and oxygen atoms in total. The van der Waals surface area contributed by atoms with E-state index in [4.69, 9.17) is 0 Å². The van der Waals surface area contributed by atoms with Crippen molar-refractivity contribution in [3.63, 3.8) is 0 Å². The molecule has 0 spiro atoms. The summed E-state index contributed by atoms with van der Waals surface area (Å²) in [6, 6.07) is 11.1. The molecule has 0 atom stereocenters. The van der Waals surface area contributed by atoms with Gasteiger partial charge in [0.05, 0.1) is 17.8 Å². The number of pyridine rings is 1. The highest BCUT2D eigenvalue weighted by atomic mass is 19.3. The fourth-order valence-corrected chi connectivity index (χ4v) is 1.98. The van der Waals surface area contributed by atoms with E-state index in [1.54, 1.807) is 6.07 Å². The Hall–Kier alpha value is -2.22. The van der Waals surface area contributed by atoms with E-state index >= 15 is 0 Å². The number of nitrogens with zero attached hydrogens (tertiary/aromatic N) is 2. The van der Waals surface area contributed by atoms with Gasteiger partial charge >= 0.3 is 12.3 Å². The molecule has 2 rings (SSSR count). The molecule has 0 unspecified atom stereocenters. The SMILES string of the molecule is CN(Cc1ccc2ccccc2n1)C(=O)COCC(F)(F)C(F)F. The minimum Gasteiger partial charge on any atom is -0.365 e. The molecular weight excluding hydrogens is 328 g/mol. The molecule has 0 bridgehead atoms. The standard InChI is InChI=1S/C16H16F4N2O2/c1-22(14(23)9-24-10-16(19,20)15(17)18)8-12-7-6-11-4-2-3-5-13(11)21-12/h2-7,15H,8-10H2,1H3. The number of hydrogen-bond donors (Lipinski definition) is 0. The van der Waals surface area contributed by atoms with Crippen LogP contribution in [0.4, 0.5) is 17.6 Å². The minimum atomic E-state index is -4.27. The molecule has 1 aromatic heterocycles. The molecule has 0 saturated carbocycles. The second-order valence-electron chi connectivity index (χ2n) is 5.30. The molecule has 1 aromatic carbocycles. The van der Waals surface area contributed by atoms with Gasteiger partial charge in [-0.25, -0.2) is 8.78 Å². The minimum absolute atomic E-state index is 0.151. The predicted octanol–water partition coefficient (Wildman–Crippen LogP) is 3.11. The molecule has 24 heavy (non-hydrogen) atoms. The molecule has 0 saturated heterocycles. The van der Waals surface area contributed by atoms with E-state index in [0.29, 0.717) is 5.69 Å². The Morgan fingerprint density at radius 1 is 1.25 bits per heavy atom. The Bertz CT molecular complexity index is 709. The summed E-state index contributed by atoms with van der Waals surface area (Å²) in [7, 11) is 1.45. The summed E-state index contributed by atoms with van der Waals surface area (Å²) in [6.45, 7) is -2.05. The maximum absolute atomic E-state index is 12.7. The summed E-state index contributed by atoms with van der Waals surface area (Å²) in [4.78, 5) is 17.4. The number of para-hydroxylation sites is 1. The van der Waals surface area contributed by atoms with Crippen LogP contribution in [-0.2, 0) is 16.1 Å². The van der Waals surface area contributed by atoms with Crippen molar-refractivity contribution in [2.75, 3.05) is 20.3 Å². The molecule has 0 N–H and O–H groups in total. The van der Waals surface area contributed by atoms with Crippen molar-refractivity contribution in [3.05, 3.63) is 42.1 Å². The number of alkyl halides is 4. The zero-order chi connectivity index (χ0) is 17.7. The highest BCUT2D eigenvalue weighted by Gasteiger charge is 2.41. The normalized spacial score (nSPS) is 11.9. The number of rotatable bonds is 7. The van der Waals surface area contributed by atoms with Crippen molar-refractivity contribution in [1.82, 2.24) is 9.88 Å². The van der Waals surface area contributed by atoms with Crippen LogP contribution in [0.5, 0.6) is 0 Å². The molecule has 2 aromatic rings. The highest BCUT2D eigenvalue weighted by Crippen LogP contribution is 2.22. The predicted molar refractivity (Wildman–Crippen MR) is 80.0 cm³/mol. The maximum atomic E-state index is 12.7. The van der Waals surface area contributed by atoms with Crippen LogP contribution < -0.4 is 0 Å². The average molecular weight is 344 g/mol. The molecule has 0 aliphatic rings. The second kappa shape index (κ2) is 7.57. The number of aromatic nitrogens is 1. The topological polar surface area (TPSA) is 42.4 Å². The van der Waals surface area contributed by atoms with Crippen LogP contribution in [0.25, 0.3) is 10.9 Å². The van der Waals surface area contributed by atoms with Gasteiger partial charge in [-0.2, -0.15) is 8.78 Å². The van der Waals surface area contributed by atoms with Crippen LogP contribution >= 0.6 is 0 Å². The van der Waals surface area contributed by atoms with Gasteiger partial charge in [0, 0.05) is 12.4 Å². The second-order valence-corrected chi connectivity index (χ2v) is 5.30. The Balaban J connectivity index is 1.88. The van der Waals surface area contributed by atoms with Crippen molar-refractivity contribution in [3.8, 4) is 0 Å². The summed E-state index contributed by atoms with van der Waals surface area (Å²) >= 11 is 0. The number of hydrogen-bond acceptors (Lipinski definition) is 3. The lowest BCUT2D eigenvalue weighted by atomic mass is 10.2. The van der Waals surface area contributed by atoms with Crippen LogP contribution in [0.3, 0.4) is 0 Å². The lowest BCUT2D eigenvalue weighted by Crippen LogP contribution is -2.36. The van der Waals surface area contributed by atoms with E-state index in [1.807, 2.05) is 30.3 Å². The monoisotopic (exact) mass is 344 g/mol. The van der Waals surface area contributed by atoms with Gasteiger partial charge in [-0.1, -0.05) is 24.3 Å². The van der Waals surface area contributed by atoms with Crippen molar-refractivity contribution < 1.29 is 27.1 Å². The van der Waals surface area contributed by atoms with E-state index in [-0.39, 0.29) is 6.54 Å². The van der Waals surface area contributed by atoms with Crippen LogP contribution in [0.15, 0.2) is 36.4 Å². The molecule has 130 valence electrons. The number of carbonyl (C=O) groups is 1. The fraction of sp³-hybridized carbons (Fsp3) is 0.375.